The molecule has 0 aliphatic rings. The van der Waals surface area contributed by atoms with Crippen molar-refractivity contribution in [3.63, 3.8) is 0 Å². The average molecular weight is 332 g/mol. The Hall–Kier alpha value is -3.16. The van der Waals surface area contributed by atoms with Crippen LogP contribution in [0.4, 0.5) is 5.69 Å². The fourth-order valence-electron chi connectivity index (χ4n) is 2.45. The third-order valence-electron chi connectivity index (χ3n) is 3.43. The van der Waals surface area contributed by atoms with E-state index in [0.29, 0.717) is 5.69 Å². The van der Waals surface area contributed by atoms with Crippen molar-refractivity contribution in [3.8, 4) is 11.1 Å². The number of carbonyl (C=O) groups excluding carboxylic acids is 2. The van der Waals surface area contributed by atoms with E-state index in [1.54, 1.807) is 19.9 Å². The molecular weight excluding hydrogens is 316 g/mol. The number of rotatable bonds is 5. The van der Waals surface area contributed by atoms with E-state index in [0.717, 1.165) is 0 Å². The molecular formula is C16H16N2O6. The first kappa shape index (κ1) is 17.2. The van der Waals surface area contributed by atoms with E-state index in [4.69, 9.17) is 9.47 Å². The Bertz CT molecular complexity index is 809. The Kier molecular flexibility index (Phi) is 4.98. The van der Waals surface area contributed by atoms with Crippen LogP contribution >= 0.6 is 0 Å². The SMILES string of the molecule is CCOC(=O)c1[nH]c(C)c(C(=O)OC)c1-c1ccccc1[N+](=O)[O-]. The number of carbonyl (C=O) groups is 2. The first-order valence-corrected chi connectivity index (χ1v) is 7.14. The van der Waals surface area contributed by atoms with Gasteiger partial charge in [-0.2, -0.15) is 0 Å². The predicted molar refractivity (Wildman–Crippen MR) is 84.9 cm³/mol. The number of hydrogen-bond acceptors (Lipinski definition) is 6. The molecule has 24 heavy (non-hydrogen) atoms. The van der Waals surface area contributed by atoms with Crippen LogP contribution in [0.3, 0.4) is 0 Å². The van der Waals surface area contributed by atoms with E-state index in [1.807, 2.05) is 0 Å². The van der Waals surface area contributed by atoms with Gasteiger partial charge in [0.15, 0.2) is 0 Å². The number of nitro groups is 1. The number of aromatic amines is 1. The molecule has 2 rings (SSSR count). The summed E-state index contributed by atoms with van der Waals surface area (Å²) in [6, 6.07) is 5.85. The molecule has 1 aromatic heterocycles. The van der Waals surface area contributed by atoms with Crippen LogP contribution in [-0.2, 0) is 9.47 Å². The van der Waals surface area contributed by atoms with Gasteiger partial charge in [0, 0.05) is 17.3 Å². The largest absolute Gasteiger partial charge is 0.465 e. The monoisotopic (exact) mass is 332 g/mol. The van der Waals surface area contributed by atoms with Crippen LogP contribution < -0.4 is 0 Å². The van der Waals surface area contributed by atoms with E-state index in [2.05, 4.69) is 4.98 Å². The molecule has 0 bridgehead atoms. The molecule has 0 unspecified atom stereocenters. The van der Waals surface area contributed by atoms with E-state index < -0.39 is 16.9 Å². The number of nitrogens with zero attached hydrogens (tertiary/aromatic N) is 1. The molecule has 2 aromatic rings. The van der Waals surface area contributed by atoms with Gasteiger partial charge < -0.3 is 14.5 Å². The summed E-state index contributed by atoms with van der Waals surface area (Å²) in [6.07, 6.45) is 0. The zero-order chi connectivity index (χ0) is 17.9. The summed E-state index contributed by atoms with van der Waals surface area (Å²) in [5.41, 5.74) is 0.407. The van der Waals surface area contributed by atoms with Gasteiger partial charge in [-0.25, -0.2) is 9.59 Å². The second-order valence-corrected chi connectivity index (χ2v) is 4.86. The minimum atomic E-state index is -0.705. The lowest BCUT2D eigenvalue weighted by atomic mass is 9.98. The molecule has 8 nitrogen and oxygen atoms in total. The third-order valence-corrected chi connectivity index (χ3v) is 3.43. The van der Waals surface area contributed by atoms with Gasteiger partial charge in [0.25, 0.3) is 5.69 Å². The standard InChI is InChI=1S/C16H16N2O6/c1-4-24-16(20)14-13(12(9(2)17-14)15(19)23-3)10-7-5-6-8-11(10)18(21)22/h5-8,17H,4H2,1-3H3. The summed E-state index contributed by atoms with van der Waals surface area (Å²) in [6.45, 7) is 3.34. The molecule has 0 saturated carbocycles. The molecule has 0 aliphatic heterocycles. The summed E-state index contributed by atoms with van der Waals surface area (Å²) in [5, 5.41) is 11.3. The lowest BCUT2D eigenvalue weighted by Crippen LogP contribution is -2.09. The number of H-pyrrole nitrogens is 1. The Morgan fingerprint density at radius 3 is 2.50 bits per heavy atom. The number of nitro benzene ring substituents is 1. The number of hydrogen-bond donors (Lipinski definition) is 1. The second kappa shape index (κ2) is 6.95. The molecule has 0 radical (unpaired) electrons. The highest BCUT2D eigenvalue weighted by atomic mass is 16.6. The van der Waals surface area contributed by atoms with Crippen molar-refractivity contribution in [2.45, 2.75) is 13.8 Å². The minimum absolute atomic E-state index is 0.0240. The highest BCUT2D eigenvalue weighted by molar-refractivity contribution is 6.07. The van der Waals surface area contributed by atoms with Crippen LogP contribution in [0.2, 0.25) is 0 Å². The average Bonchev–Trinajstić information content (AvgIpc) is 2.91. The van der Waals surface area contributed by atoms with Gasteiger partial charge in [-0.1, -0.05) is 12.1 Å². The number of benzene rings is 1. The lowest BCUT2D eigenvalue weighted by Gasteiger charge is -2.07. The fraction of sp³-hybridized carbons (Fsp3) is 0.250. The van der Waals surface area contributed by atoms with Gasteiger partial charge in [-0.05, 0) is 19.9 Å². The zero-order valence-corrected chi connectivity index (χ0v) is 13.4. The van der Waals surface area contributed by atoms with Crippen molar-refractivity contribution in [2.24, 2.45) is 0 Å². The molecule has 1 aromatic carbocycles. The second-order valence-electron chi connectivity index (χ2n) is 4.86. The maximum atomic E-state index is 12.2. The van der Waals surface area contributed by atoms with Crippen LogP contribution in [-0.4, -0.2) is 35.6 Å². The van der Waals surface area contributed by atoms with E-state index in [9.17, 15) is 19.7 Å². The smallest absolute Gasteiger partial charge is 0.355 e. The topological polar surface area (TPSA) is 112 Å². The van der Waals surface area contributed by atoms with Crippen LogP contribution in [0.15, 0.2) is 24.3 Å². The lowest BCUT2D eigenvalue weighted by molar-refractivity contribution is -0.384. The third kappa shape index (κ3) is 2.98. The van der Waals surface area contributed by atoms with Gasteiger partial charge in [0.1, 0.15) is 5.69 Å². The van der Waals surface area contributed by atoms with Gasteiger partial charge >= 0.3 is 11.9 Å². The summed E-state index contributed by atoms with van der Waals surface area (Å²) >= 11 is 0. The molecule has 0 fully saturated rings. The van der Waals surface area contributed by atoms with Crippen molar-refractivity contribution in [3.05, 3.63) is 51.3 Å². The number of nitrogens with one attached hydrogen (secondary N) is 1. The Labute approximate surface area is 137 Å². The minimum Gasteiger partial charge on any atom is -0.465 e. The van der Waals surface area contributed by atoms with Gasteiger partial charge in [-0.15, -0.1) is 0 Å². The van der Waals surface area contributed by atoms with Gasteiger partial charge in [-0.3, -0.25) is 10.1 Å². The first-order chi connectivity index (χ1) is 11.4. The maximum Gasteiger partial charge on any atom is 0.355 e. The molecule has 0 saturated heterocycles. The fourth-order valence-corrected chi connectivity index (χ4v) is 2.45. The van der Waals surface area contributed by atoms with E-state index in [-0.39, 0.29) is 34.7 Å². The quantitative estimate of drug-likeness (QED) is 0.512. The molecule has 0 aliphatic carbocycles. The number of aromatic nitrogens is 1. The maximum absolute atomic E-state index is 12.2. The van der Waals surface area contributed by atoms with Crippen LogP contribution in [0.1, 0.15) is 33.5 Å². The highest BCUT2D eigenvalue weighted by Gasteiger charge is 2.30. The van der Waals surface area contributed by atoms with Crippen molar-refractivity contribution in [1.29, 1.82) is 0 Å². The summed E-state index contributed by atoms with van der Waals surface area (Å²) in [7, 11) is 1.20. The van der Waals surface area contributed by atoms with Gasteiger partial charge in [0.05, 0.1) is 29.8 Å². The normalized spacial score (nSPS) is 10.3. The van der Waals surface area contributed by atoms with E-state index >= 15 is 0 Å². The Morgan fingerprint density at radius 1 is 1.25 bits per heavy atom. The van der Waals surface area contributed by atoms with Crippen molar-refractivity contribution in [1.82, 2.24) is 4.98 Å². The number of esters is 2. The Balaban J connectivity index is 2.82. The molecule has 0 spiro atoms. The van der Waals surface area contributed by atoms with Crippen LogP contribution in [0.5, 0.6) is 0 Å². The number of para-hydroxylation sites is 1. The molecule has 126 valence electrons. The van der Waals surface area contributed by atoms with Crippen LogP contribution in [0.25, 0.3) is 11.1 Å². The molecule has 0 amide bonds. The molecule has 0 atom stereocenters. The molecule has 8 heteroatoms. The van der Waals surface area contributed by atoms with E-state index in [1.165, 1.54) is 25.3 Å². The van der Waals surface area contributed by atoms with Gasteiger partial charge in [0.2, 0.25) is 0 Å². The molecule has 1 N–H and O–H groups in total. The summed E-state index contributed by atoms with van der Waals surface area (Å²) in [4.78, 5) is 37.9. The number of aryl methyl sites for hydroxylation is 1. The molecule has 1 heterocycles. The number of methoxy groups -OCH3 is 1. The van der Waals surface area contributed by atoms with Crippen LogP contribution in [0, 0.1) is 17.0 Å². The predicted octanol–water partition coefficient (Wildman–Crippen LogP) is 2.86. The summed E-state index contributed by atoms with van der Waals surface area (Å²) in [5.74, 6) is -1.41. The first-order valence-electron chi connectivity index (χ1n) is 7.14. The summed E-state index contributed by atoms with van der Waals surface area (Å²) < 4.78 is 9.73. The van der Waals surface area contributed by atoms with Crippen molar-refractivity contribution in [2.75, 3.05) is 13.7 Å². The highest BCUT2D eigenvalue weighted by Crippen LogP contribution is 2.37. The zero-order valence-electron chi connectivity index (χ0n) is 13.4. The number of ether oxygens (including phenoxy) is 2. The Morgan fingerprint density at radius 2 is 1.92 bits per heavy atom. The van der Waals surface area contributed by atoms with Crippen molar-refractivity contribution < 1.29 is 24.0 Å². The van der Waals surface area contributed by atoms with Crippen molar-refractivity contribution >= 4 is 17.6 Å².